The Bertz CT molecular complexity index is 665. The van der Waals surface area contributed by atoms with Crippen LogP contribution in [-0.2, 0) is 4.79 Å². The molecule has 160 valence electrons. The number of aliphatic hydroxyl groups excluding tert-OH is 3. The Hall–Kier alpha value is -1.91. The first-order valence-corrected chi connectivity index (χ1v) is 10.7. The van der Waals surface area contributed by atoms with Crippen molar-refractivity contribution in [3.05, 3.63) is 47.7 Å². The van der Waals surface area contributed by atoms with Gasteiger partial charge in [-0.1, -0.05) is 49.6 Å². The van der Waals surface area contributed by atoms with Crippen LogP contribution in [0.15, 0.2) is 42.1 Å². The SMILES string of the molecule is O=C(O)CCCCCC[C@@H]1[C@@H](CCC(O)C=C=Cc2ccccc2)[C@H](O)C[C@@H]1O. The zero-order chi connectivity index (χ0) is 21.1. The molecule has 1 aromatic carbocycles. The number of hydrogen-bond acceptors (Lipinski definition) is 4. The predicted octanol–water partition coefficient (Wildman–Crippen LogP) is 3.78. The second-order valence-corrected chi connectivity index (χ2v) is 8.08. The highest BCUT2D eigenvalue weighted by Gasteiger charge is 2.40. The number of carboxylic acid groups (broad SMARTS) is 1. The summed E-state index contributed by atoms with van der Waals surface area (Å²) >= 11 is 0. The summed E-state index contributed by atoms with van der Waals surface area (Å²) in [7, 11) is 0. The summed E-state index contributed by atoms with van der Waals surface area (Å²) in [6.45, 7) is 0. The van der Waals surface area contributed by atoms with Crippen LogP contribution in [-0.4, -0.2) is 44.7 Å². The Kier molecular flexibility index (Phi) is 10.2. The van der Waals surface area contributed by atoms with E-state index < -0.39 is 24.3 Å². The summed E-state index contributed by atoms with van der Waals surface area (Å²) in [5.41, 5.74) is 4.04. The van der Waals surface area contributed by atoms with Gasteiger partial charge in [-0.2, -0.15) is 0 Å². The van der Waals surface area contributed by atoms with E-state index in [2.05, 4.69) is 5.73 Å². The van der Waals surface area contributed by atoms with Crippen LogP contribution in [0.4, 0.5) is 0 Å². The number of rotatable bonds is 12. The molecule has 1 unspecified atom stereocenters. The largest absolute Gasteiger partial charge is 0.481 e. The monoisotopic (exact) mass is 402 g/mol. The number of hydrogen-bond donors (Lipinski definition) is 4. The second kappa shape index (κ2) is 12.6. The van der Waals surface area contributed by atoms with Gasteiger partial charge in [0.25, 0.3) is 0 Å². The maximum atomic E-state index is 10.5. The highest BCUT2D eigenvalue weighted by molar-refractivity contribution is 5.66. The molecule has 1 fully saturated rings. The van der Waals surface area contributed by atoms with Crippen molar-refractivity contribution in [3.8, 4) is 0 Å². The molecule has 0 aliphatic heterocycles. The summed E-state index contributed by atoms with van der Waals surface area (Å²) in [5, 5.41) is 39.5. The lowest BCUT2D eigenvalue weighted by Gasteiger charge is -2.24. The van der Waals surface area contributed by atoms with Gasteiger partial charge < -0.3 is 20.4 Å². The van der Waals surface area contributed by atoms with Gasteiger partial charge in [-0.05, 0) is 61.7 Å². The Morgan fingerprint density at radius 2 is 1.69 bits per heavy atom. The van der Waals surface area contributed by atoms with Crippen LogP contribution >= 0.6 is 0 Å². The third kappa shape index (κ3) is 8.55. The molecule has 0 heterocycles. The van der Waals surface area contributed by atoms with E-state index in [1.807, 2.05) is 36.4 Å². The van der Waals surface area contributed by atoms with Gasteiger partial charge >= 0.3 is 5.97 Å². The van der Waals surface area contributed by atoms with Crippen LogP contribution in [0.2, 0.25) is 0 Å². The first-order chi connectivity index (χ1) is 14.0. The highest BCUT2D eigenvalue weighted by atomic mass is 16.4. The summed E-state index contributed by atoms with van der Waals surface area (Å²) in [5.74, 6) is -0.726. The molecule has 5 atom stereocenters. The average molecular weight is 403 g/mol. The van der Waals surface area contributed by atoms with Crippen LogP contribution in [0.3, 0.4) is 0 Å². The second-order valence-electron chi connectivity index (χ2n) is 8.08. The Balaban J connectivity index is 1.76. The number of aliphatic hydroxyl groups is 3. The van der Waals surface area contributed by atoms with Gasteiger partial charge in [-0.25, -0.2) is 0 Å². The number of unbranched alkanes of at least 4 members (excludes halogenated alkanes) is 3. The molecule has 1 saturated carbocycles. The maximum Gasteiger partial charge on any atom is 0.303 e. The lowest BCUT2D eigenvalue weighted by Crippen LogP contribution is -2.23. The molecule has 1 aliphatic carbocycles. The van der Waals surface area contributed by atoms with E-state index in [0.717, 1.165) is 31.2 Å². The highest BCUT2D eigenvalue weighted by Crippen LogP contribution is 2.39. The van der Waals surface area contributed by atoms with Crippen molar-refractivity contribution in [2.75, 3.05) is 0 Å². The van der Waals surface area contributed by atoms with Crippen molar-refractivity contribution in [2.24, 2.45) is 11.8 Å². The summed E-state index contributed by atoms with van der Waals surface area (Å²) in [6, 6.07) is 9.78. The number of carbonyl (C=O) groups is 1. The van der Waals surface area contributed by atoms with Gasteiger partial charge in [0.15, 0.2) is 0 Å². The molecule has 0 amide bonds. The fourth-order valence-electron chi connectivity index (χ4n) is 4.24. The van der Waals surface area contributed by atoms with E-state index in [1.54, 1.807) is 6.08 Å². The Labute approximate surface area is 173 Å². The van der Waals surface area contributed by atoms with Crippen molar-refractivity contribution in [2.45, 2.75) is 76.1 Å². The minimum absolute atomic E-state index is 0.00910. The minimum Gasteiger partial charge on any atom is -0.481 e. The molecule has 29 heavy (non-hydrogen) atoms. The van der Waals surface area contributed by atoms with E-state index in [-0.39, 0.29) is 18.3 Å². The molecular formula is C24H34O5. The van der Waals surface area contributed by atoms with Gasteiger partial charge in [0.1, 0.15) is 0 Å². The molecule has 0 saturated heterocycles. The number of carboxylic acids is 1. The molecule has 5 nitrogen and oxygen atoms in total. The molecular weight excluding hydrogens is 368 g/mol. The van der Waals surface area contributed by atoms with Crippen molar-refractivity contribution in [1.29, 1.82) is 0 Å². The normalized spacial score (nSPS) is 24.7. The zero-order valence-corrected chi connectivity index (χ0v) is 17.0. The van der Waals surface area contributed by atoms with Crippen molar-refractivity contribution >= 4 is 12.0 Å². The first kappa shape index (κ1) is 23.4. The third-order valence-corrected chi connectivity index (χ3v) is 5.83. The average Bonchev–Trinajstić information content (AvgIpc) is 2.96. The molecule has 2 rings (SSSR count). The Morgan fingerprint density at radius 3 is 2.38 bits per heavy atom. The van der Waals surface area contributed by atoms with Crippen molar-refractivity contribution in [3.63, 3.8) is 0 Å². The third-order valence-electron chi connectivity index (χ3n) is 5.83. The molecule has 0 spiro atoms. The molecule has 0 bridgehead atoms. The van der Waals surface area contributed by atoms with Crippen LogP contribution < -0.4 is 0 Å². The quantitative estimate of drug-likeness (QED) is 0.315. The first-order valence-electron chi connectivity index (χ1n) is 10.7. The lowest BCUT2D eigenvalue weighted by atomic mass is 9.85. The molecule has 5 heteroatoms. The van der Waals surface area contributed by atoms with E-state index in [9.17, 15) is 20.1 Å². The minimum atomic E-state index is -0.759. The maximum absolute atomic E-state index is 10.5. The van der Waals surface area contributed by atoms with Crippen molar-refractivity contribution in [1.82, 2.24) is 0 Å². The topological polar surface area (TPSA) is 98.0 Å². The summed E-state index contributed by atoms with van der Waals surface area (Å²) in [4.78, 5) is 10.5. The van der Waals surface area contributed by atoms with Crippen molar-refractivity contribution < 1.29 is 25.2 Å². The lowest BCUT2D eigenvalue weighted by molar-refractivity contribution is -0.137. The number of aliphatic carboxylic acids is 1. The predicted molar refractivity (Wildman–Crippen MR) is 113 cm³/mol. The van der Waals surface area contributed by atoms with Crippen LogP contribution in [0.1, 0.15) is 63.4 Å². The van der Waals surface area contributed by atoms with E-state index >= 15 is 0 Å². The molecule has 4 N–H and O–H groups in total. The Morgan fingerprint density at radius 1 is 1.03 bits per heavy atom. The number of benzene rings is 1. The van der Waals surface area contributed by atoms with Gasteiger partial charge in [0.05, 0.1) is 18.3 Å². The summed E-state index contributed by atoms with van der Waals surface area (Å²) < 4.78 is 0. The fraction of sp³-hybridized carbons (Fsp3) is 0.583. The molecule has 0 aromatic heterocycles. The van der Waals surface area contributed by atoms with E-state index in [0.29, 0.717) is 25.7 Å². The van der Waals surface area contributed by atoms with Gasteiger partial charge in [0, 0.05) is 6.42 Å². The van der Waals surface area contributed by atoms with Gasteiger partial charge in [0.2, 0.25) is 0 Å². The molecule has 1 aromatic rings. The van der Waals surface area contributed by atoms with Crippen LogP contribution in [0.25, 0.3) is 6.08 Å². The molecule has 1 aliphatic rings. The van der Waals surface area contributed by atoms with Crippen LogP contribution in [0.5, 0.6) is 0 Å². The van der Waals surface area contributed by atoms with Crippen LogP contribution in [0, 0.1) is 11.8 Å². The fourth-order valence-corrected chi connectivity index (χ4v) is 4.24. The van der Waals surface area contributed by atoms with E-state index in [1.165, 1.54) is 0 Å². The standard InChI is InChI=1S/C24H34O5/c25-19(12-8-11-18-9-4-3-5-10-18)15-16-21-20(22(26)17-23(21)27)13-6-1-2-7-14-24(28)29/h3-5,9-12,19-23,25-27H,1-2,6-7,13-17H2,(H,28,29)/t8?,19?,20-,21-,22+,23-/m1/s1. The van der Waals surface area contributed by atoms with Gasteiger partial charge in [-0.15, -0.1) is 5.73 Å². The zero-order valence-electron chi connectivity index (χ0n) is 17.0. The smallest absolute Gasteiger partial charge is 0.303 e. The molecule has 0 radical (unpaired) electrons. The summed E-state index contributed by atoms with van der Waals surface area (Å²) in [6.07, 6.45) is 7.85. The van der Waals surface area contributed by atoms with E-state index in [4.69, 9.17) is 5.11 Å². The van der Waals surface area contributed by atoms with Gasteiger partial charge in [-0.3, -0.25) is 4.79 Å².